The third-order valence-electron chi connectivity index (χ3n) is 2.43. The van der Waals surface area contributed by atoms with E-state index in [1.807, 2.05) is 0 Å². The highest BCUT2D eigenvalue weighted by atomic mass is 32.2. The van der Waals surface area contributed by atoms with Gasteiger partial charge in [-0.25, -0.2) is 17.9 Å². The van der Waals surface area contributed by atoms with Gasteiger partial charge in [-0.3, -0.25) is 4.79 Å². The Morgan fingerprint density at radius 3 is 2.26 bits per heavy atom. The minimum Gasteiger partial charge on any atom is -0.467 e. The summed E-state index contributed by atoms with van der Waals surface area (Å²) in [6, 6.07) is -1.70. The van der Waals surface area contributed by atoms with Crippen molar-refractivity contribution in [3.05, 3.63) is 0 Å². The van der Waals surface area contributed by atoms with Gasteiger partial charge in [0.1, 0.15) is 6.04 Å². The molecule has 0 aliphatic rings. The molecule has 0 aromatic carbocycles. The number of sulfonamides is 1. The number of amides is 1. The van der Waals surface area contributed by atoms with Crippen LogP contribution in [0.1, 0.15) is 33.6 Å². The van der Waals surface area contributed by atoms with E-state index < -0.39 is 34.0 Å². The summed E-state index contributed by atoms with van der Waals surface area (Å²) in [5, 5.41) is 2.44. The Hall–Kier alpha value is -1.15. The van der Waals surface area contributed by atoms with Crippen molar-refractivity contribution >= 4 is 21.9 Å². The van der Waals surface area contributed by atoms with E-state index in [1.165, 1.54) is 14.0 Å². The molecule has 0 radical (unpaired) electrons. The van der Waals surface area contributed by atoms with Gasteiger partial charge in [0, 0.05) is 0 Å². The van der Waals surface area contributed by atoms with Gasteiger partial charge in [-0.05, 0) is 19.8 Å². The van der Waals surface area contributed by atoms with Crippen molar-refractivity contribution in [2.75, 3.05) is 12.9 Å². The maximum absolute atomic E-state index is 11.8. The number of hydrogen-bond acceptors (Lipinski definition) is 5. The third kappa shape index (κ3) is 6.53. The lowest BCUT2D eigenvalue weighted by Gasteiger charge is -2.18. The number of rotatable bonds is 8. The lowest BCUT2D eigenvalue weighted by atomic mass is 10.2. The second kappa shape index (κ2) is 8.11. The molecular formula is C11H22N2O5S. The number of esters is 1. The Labute approximate surface area is 114 Å². The summed E-state index contributed by atoms with van der Waals surface area (Å²) in [5.74, 6) is -1.16. The standard InChI is InChI=1S/C11H22N2O5S/c1-5-7-19(16,17)13-8(3)10(14)12-9(6-2)11(15)18-4/h8-9,13H,5-7H2,1-4H3,(H,12,14). The van der Waals surface area contributed by atoms with Crippen molar-refractivity contribution in [2.45, 2.75) is 45.7 Å². The zero-order valence-corrected chi connectivity index (χ0v) is 12.5. The minimum atomic E-state index is -3.47. The number of carbonyl (C=O) groups is 2. The Bertz CT molecular complexity index is 407. The minimum absolute atomic E-state index is 0.0428. The van der Waals surface area contributed by atoms with E-state index in [4.69, 9.17) is 0 Å². The smallest absolute Gasteiger partial charge is 0.328 e. The monoisotopic (exact) mass is 294 g/mol. The predicted octanol–water partition coefficient (Wildman–Crippen LogP) is -0.228. The lowest BCUT2D eigenvalue weighted by Crippen LogP contribution is -2.50. The van der Waals surface area contributed by atoms with Crippen molar-refractivity contribution < 1.29 is 22.7 Å². The predicted molar refractivity (Wildman–Crippen MR) is 70.9 cm³/mol. The summed E-state index contributed by atoms with van der Waals surface area (Å²) in [7, 11) is -2.24. The number of nitrogens with one attached hydrogen (secondary N) is 2. The Kier molecular flexibility index (Phi) is 7.62. The van der Waals surface area contributed by atoms with Crippen molar-refractivity contribution in [3.63, 3.8) is 0 Å². The maximum atomic E-state index is 11.8. The molecule has 0 fully saturated rings. The summed E-state index contributed by atoms with van der Waals surface area (Å²) in [6.07, 6.45) is 0.830. The fourth-order valence-electron chi connectivity index (χ4n) is 1.42. The first-order chi connectivity index (χ1) is 8.77. The van der Waals surface area contributed by atoms with E-state index in [9.17, 15) is 18.0 Å². The first-order valence-corrected chi connectivity index (χ1v) is 7.80. The average Bonchev–Trinajstić information content (AvgIpc) is 2.33. The molecule has 1 amide bonds. The van der Waals surface area contributed by atoms with Crippen LogP contribution in [0.15, 0.2) is 0 Å². The molecule has 19 heavy (non-hydrogen) atoms. The molecule has 0 aromatic heterocycles. The van der Waals surface area contributed by atoms with Crippen LogP contribution in [0.5, 0.6) is 0 Å². The molecular weight excluding hydrogens is 272 g/mol. The Balaban J connectivity index is 4.53. The molecule has 0 spiro atoms. The molecule has 0 saturated heterocycles. The molecule has 7 nitrogen and oxygen atoms in total. The summed E-state index contributed by atoms with van der Waals surface area (Å²) in [5.41, 5.74) is 0. The average molecular weight is 294 g/mol. The van der Waals surface area contributed by atoms with Crippen LogP contribution in [-0.2, 0) is 24.3 Å². The van der Waals surface area contributed by atoms with Crippen molar-refractivity contribution in [1.82, 2.24) is 10.0 Å². The van der Waals surface area contributed by atoms with Gasteiger partial charge in [-0.15, -0.1) is 0 Å². The van der Waals surface area contributed by atoms with E-state index in [2.05, 4.69) is 14.8 Å². The second-order valence-corrected chi connectivity index (χ2v) is 6.02. The topological polar surface area (TPSA) is 102 Å². The summed E-state index contributed by atoms with van der Waals surface area (Å²) in [6.45, 7) is 4.87. The molecule has 0 saturated carbocycles. The van der Waals surface area contributed by atoms with Gasteiger partial charge in [0.25, 0.3) is 0 Å². The number of methoxy groups -OCH3 is 1. The van der Waals surface area contributed by atoms with Crippen LogP contribution in [-0.4, -0.2) is 45.2 Å². The molecule has 0 rings (SSSR count). The first-order valence-electron chi connectivity index (χ1n) is 6.15. The molecule has 112 valence electrons. The number of ether oxygens (including phenoxy) is 1. The Morgan fingerprint density at radius 2 is 1.84 bits per heavy atom. The quantitative estimate of drug-likeness (QED) is 0.602. The fraction of sp³-hybridized carbons (Fsp3) is 0.818. The van der Waals surface area contributed by atoms with Gasteiger partial charge in [0.05, 0.1) is 18.9 Å². The highest BCUT2D eigenvalue weighted by Crippen LogP contribution is 1.97. The zero-order valence-electron chi connectivity index (χ0n) is 11.7. The molecule has 0 bridgehead atoms. The van der Waals surface area contributed by atoms with Gasteiger partial charge >= 0.3 is 5.97 Å². The SMILES string of the molecule is CCCS(=O)(=O)NC(C)C(=O)NC(CC)C(=O)OC. The van der Waals surface area contributed by atoms with Gasteiger partial charge in [-0.2, -0.15) is 0 Å². The number of hydrogen-bond donors (Lipinski definition) is 2. The van der Waals surface area contributed by atoms with Crippen LogP contribution >= 0.6 is 0 Å². The van der Waals surface area contributed by atoms with E-state index in [-0.39, 0.29) is 5.75 Å². The van der Waals surface area contributed by atoms with Crippen LogP contribution in [0.4, 0.5) is 0 Å². The van der Waals surface area contributed by atoms with Crippen molar-refractivity contribution in [3.8, 4) is 0 Å². The Morgan fingerprint density at radius 1 is 1.26 bits per heavy atom. The molecule has 2 unspecified atom stereocenters. The molecule has 0 heterocycles. The maximum Gasteiger partial charge on any atom is 0.328 e. The second-order valence-electron chi connectivity index (χ2n) is 4.15. The van der Waals surface area contributed by atoms with Gasteiger partial charge in [0.2, 0.25) is 15.9 Å². The van der Waals surface area contributed by atoms with Gasteiger partial charge < -0.3 is 10.1 Å². The lowest BCUT2D eigenvalue weighted by molar-refractivity contribution is -0.145. The fourth-order valence-corrected chi connectivity index (χ4v) is 2.72. The van der Waals surface area contributed by atoms with Gasteiger partial charge in [0.15, 0.2) is 0 Å². The van der Waals surface area contributed by atoms with E-state index in [0.717, 1.165) is 0 Å². The molecule has 0 aliphatic heterocycles. The van der Waals surface area contributed by atoms with E-state index >= 15 is 0 Å². The van der Waals surface area contributed by atoms with Gasteiger partial charge in [-0.1, -0.05) is 13.8 Å². The van der Waals surface area contributed by atoms with Crippen LogP contribution < -0.4 is 10.0 Å². The number of carbonyl (C=O) groups excluding carboxylic acids is 2. The van der Waals surface area contributed by atoms with Crippen LogP contribution in [0.25, 0.3) is 0 Å². The van der Waals surface area contributed by atoms with Crippen molar-refractivity contribution in [2.24, 2.45) is 0 Å². The van der Waals surface area contributed by atoms with E-state index in [1.54, 1.807) is 13.8 Å². The van der Waals surface area contributed by atoms with Crippen LogP contribution in [0.2, 0.25) is 0 Å². The van der Waals surface area contributed by atoms with E-state index in [0.29, 0.717) is 12.8 Å². The third-order valence-corrected chi connectivity index (χ3v) is 4.09. The summed E-state index contributed by atoms with van der Waals surface area (Å²) < 4.78 is 29.8. The molecule has 8 heteroatoms. The largest absolute Gasteiger partial charge is 0.467 e. The highest BCUT2D eigenvalue weighted by Gasteiger charge is 2.24. The van der Waals surface area contributed by atoms with Crippen LogP contribution in [0, 0.1) is 0 Å². The summed E-state index contributed by atoms with van der Waals surface area (Å²) >= 11 is 0. The molecule has 0 aromatic rings. The molecule has 2 N–H and O–H groups in total. The normalized spacial score (nSPS) is 14.5. The molecule has 0 aliphatic carbocycles. The van der Waals surface area contributed by atoms with Crippen LogP contribution in [0.3, 0.4) is 0 Å². The first kappa shape index (κ1) is 17.8. The zero-order chi connectivity index (χ0) is 15.1. The molecule has 2 atom stereocenters. The highest BCUT2D eigenvalue weighted by molar-refractivity contribution is 7.89. The summed E-state index contributed by atoms with van der Waals surface area (Å²) in [4.78, 5) is 23.1. The van der Waals surface area contributed by atoms with Crippen molar-refractivity contribution in [1.29, 1.82) is 0 Å².